The van der Waals surface area contributed by atoms with E-state index < -0.39 is 0 Å². The average molecular weight is 358 g/mol. The Labute approximate surface area is 130 Å². The zero-order valence-corrected chi connectivity index (χ0v) is 13.4. The Kier molecular flexibility index (Phi) is 4.67. The molecule has 2 rings (SSSR count). The molecule has 7 heteroatoms. The largest absolute Gasteiger partial charge is 0.473 e. The van der Waals surface area contributed by atoms with Gasteiger partial charge >= 0.3 is 0 Å². The van der Waals surface area contributed by atoms with Crippen molar-refractivity contribution in [1.82, 2.24) is 9.97 Å². The number of halogens is 2. The first-order valence-corrected chi connectivity index (χ1v) is 7.13. The number of hydrogen-bond donors (Lipinski definition) is 2. The van der Waals surface area contributed by atoms with Crippen LogP contribution in [0.1, 0.15) is 13.8 Å². The molecule has 0 aliphatic heterocycles. The molecule has 20 heavy (non-hydrogen) atoms. The van der Waals surface area contributed by atoms with Gasteiger partial charge in [-0.3, -0.25) is 0 Å². The van der Waals surface area contributed by atoms with Crippen LogP contribution in [-0.4, -0.2) is 16.1 Å². The Bertz CT molecular complexity index is 621. The molecule has 0 unspecified atom stereocenters. The SMILES string of the molecule is CC(C)Oc1ncnc(Nc2cc(Cl)ccc2Br)c1N. The van der Waals surface area contributed by atoms with Crippen LogP contribution >= 0.6 is 27.5 Å². The highest BCUT2D eigenvalue weighted by molar-refractivity contribution is 9.10. The topological polar surface area (TPSA) is 73.1 Å². The summed E-state index contributed by atoms with van der Waals surface area (Å²) in [5.74, 6) is 0.828. The first-order valence-electron chi connectivity index (χ1n) is 5.96. The second-order valence-corrected chi connectivity index (χ2v) is 5.65. The number of rotatable bonds is 4. The van der Waals surface area contributed by atoms with Gasteiger partial charge in [-0.05, 0) is 48.0 Å². The lowest BCUT2D eigenvalue weighted by Crippen LogP contribution is -2.10. The van der Waals surface area contributed by atoms with Gasteiger partial charge < -0.3 is 15.8 Å². The quantitative estimate of drug-likeness (QED) is 0.865. The van der Waals surface area contributed by atoms with Crippen LogP contribution in [-0.2, 0) is 0 Å². The van der Waals surface area contributed by atoms with E-state index >= 15 is 0 Å². The highest BCUT2D eigenvalue weighted by Gasteiger charge is 2.12. The van der Waals surface area contributed by atoms with Crippen LogP contribution in [0.3, 0.4) is 0 Å². The maximum absolute atomic E-state index is 6.01. The van der Waals surface area contributed by atoms with E-state index in [9.17, 15) is 0 Å². The Morgan fingerprint density at radius 3 is 2.80 bits per heavy atom. The van der Waals surface area contributed by atoms with Gasteiger partial charge in [-0.2, -0.15) is 4.98 Å². The molecule has 106 valence electrons. The molecule has 0 amide bonds. The lowest BCUT2D eigenvalue weighted by Gasteiger charge is -2.14. The van der Waals surface area contributed by atoms with E-state index in [1.165, 1.54) is 6.33 Å². The van der Waals surface area contributed by atoms with Gasteiger partial charge in [0.25, 0.3) is 0 Å². The predicted octanol–water partition coefficient (Wildman–Crippen LogP) is 4.01. The lowest BCUT2D eigenvalue weighted by molar-refractivity contribution is 0.234. The summed E-state index contributed by atoms with van der Waals surface area (Å²) in [4.78, 5) is 8.15. The van der Waals surface area contributed by atoms with Crippen molar-refractivity contribution < 1.29 is 4.74 Å². The summed E-state index contributed by atoms with van der Waals surface area (Å²) in [6, 6.07) is 5.40. The van der Waals surface area contributed by atoms with Crippen LogP contribution in [0.2, 0.25) is 5.02 Å². The van der Waals surface area contributed by atoms with Gasteiger partial charge in [0.05, 0.1) is 11.8 Å². The first-order chi connectivity index (χ1) is 9.47. The number of benzene rings is 1. The molecule has 0 saturated carbocycles. The highest BCUT2D eigenvalue weighted by atomic mass is 79.9. The summed E-state index contributed by atoms with van der Waals surface area (Å²) in [6.07, 6.45) is 1.38. The number of nitrogen functional groups attached to an aromatic ring is 1. The fraction of sp³-hybridized carbons (Fsp3) is 0.231. The lowest BCUT2D eigenvalue weighted by atomic mass is 10.3. The van der Waals surface area contributed by atoms with E-state index in [1.54, 1.807) is 12.1 Å². The molecule has 0 fully saturated rings. The van der Waals surface area contributed by atoms with E-state index in [2.05, 4.69) is 31.2 Å². The minimum absolute atomic E-state index is 0.0158. The molecular weight excluding hydrogens is 344 g/mol. The number of aromatic nitrogens is 2. The molecule has 5 nitrogen and oxygen atoms in total. The van der Waals surface area contributed by atoms with Crippen LogP contribution in [0.5, 0.6) is 5.88 Å². The maximum Gasteiger partial charge on any atom is 0.242 e. The van der Waals surface area contributed by atoms with Crippen molar-refractivity contribution in [3.8, 4) is 5.88 Å². The molecule has 1 aromatic heterocycles. The zero-order chi connectivity index (χ0) is 14.7. The number of nitrogens with zero attached hydrogens (tertiary/aromatic N) is 2. The van der Waals surface area contributed by atoms with Crippen molar-refractivity contribution in [1.29, 1.82) is 0 Å². The van der Waals surface area contributed by atoms with Gasteiger partial charge in [-0.25, -0.2) is 4.98 Å². The van der Waals surface area contributed by atoms with Gasteiger partial charge in [0.1, 0.15) is 12.0 Å². The van der Waals surface area contributed by atoms with E-state index in [0.717, 1.165) is 10.2 Å². The molecule has 0 radical (unpaired) electrons. The van der Waals surface area contributed by atoms with Crippen molar-refractivity contribution in [3.05, 3.63) is 34.0 Å². The van der Waals surface area contributed by atoms with Gasteiger partial charge in [0.15, 0.2) is 5.82 Å². The van der Waals surface area contributed by atoms with Gasteiger partial charge in [-0.1, -0.05) is 11.6 Å². The normalized spacial score (nSPS) is 10.7. The van der Waals surface area contributed by atoms with Gasteiger partial charge in [0, 0.05) is 9.50 Å². The number of nitrogens with two attached hydrogens (primary N) is 1. The molecular formula is C13H14BrClN4O. The van der Waals surface area contributed by atoms with Crippen LogP contribution in [0.4, 0.5) is 17.2 Å². The van der Waals surface area contributed by atoms with Crippen molar-refractivity contribution in [2.75, 3.05) is 11.1 Å². The molecule has 0 aliphatic carbocycles. The number of anilines is 3. The minimum atomic E-state index is -0.0158. The van der Waals surface area contributed by atoms with E-state index in [0.29, 0.717) is 22.4 Å². The second-order valence-electron chi connectivity index (χ2n) is 4.36. The predicted molar refractivity (Wildman–Crippen MR) is 84.6 cm³/mol. The smallest absolute Gasteiger partial charge is 0.242 e. The second kappa shape index (κ2) is 6.28. The third kappa shape index (κ3) is 3.52. The summed E-state index contributed by atoms with van der Waals surface area (Å²) in [6.45, 7) is 3.81. The third-order valence-corrected chi connectivity index (χ3v) is 3.30. The van der Waals surface area contributed by atoms with Crippen molar-refractivity contribution in [2.24, 2.45) is 0 Å². The zero-order valence-electron chi connectivity index (χ0n) is 11.0. The molecule has 0 spiro atoms. The number of nitrogens with one attached hydrogen (secondary N) is 1. The molecule has 0 bridgehead atoms. The number of ether oxygens (including phenoxy) is 1. The fourth-order valence-corrected chi connectivity index (χ4v) is 2.03. The number of hydrogen-bond acceptors (Lipinski definition) is 5. The van der Waals surface area contributed by atoms with Crippen molar-refractivity contribution in [3.63, 3.8) is 0 Å². The van der Waals surface area contributed by atoms with Crippen LogP contribution < -0.4 is 15.8 Å². The Hall–Kier alpha value is -1.53. The van der Waals surface area contributed by atoms with Gasteiger partial charge in [-0.15, -0.1) is 0 Å². The summed E-state index contributed by atoms with van der Waals surface area (Å²) in [5.41, 5.74) is 7.12. The highest BCUT2D eigenvalue weighted by Crippen LogP contribution is 2.32. The molecule has 3 N–H and O–H groups in total. The Morgan fingerprint density at radius 2 is 2.10 bits per heavy atom. The average Bonchev–Trinajstić information content (AvgIpc) is 2.38. The Balaban J connectivity index is 2.32. The molecule has 1 aromatic carbocycles. The summed E-state index contributed by atoms with van der Waals surface area (Å²) < 4.78 is 6.38. The van der Waals surface area contributed by atoms with Crippen molar-refractivity contribution >= 4 is 44.7 Å². The Morgan fingerprint density at radius 1 is 1.35 bits per heavy atom. The first kappa shape index (κ1) is 14.9. The molecule has 1 heterocycles. The van der Waals surface area contributed by atoms with Crippen molar-refractivity contribution in [2.45, 2.75) is 20.0 Å². The van der Waals surface area contributed by atoms with E-state index in [4.69, 9.17) is 22.1 Å². The van der Waals surface area contributed by atoms with Gasteiger partial charge in [0.2, 0.25) is 5.88 Å². The van der Waals surface area contributed by atoms with Crippen LogP contribution in [0, 0.1) is 0 Å². The maximum atomic E-state index is 6.01. The standard InChI is InChI=1S/C13H14BrClN4O/c1-7(2)20-13-11(16)12(17-6-18-13)19-10-5-8(15)3-4-9(10)14/h3-7H,16H2,1-2H3,(H,17,18,19). The van der Waals surface area contributed by atoms with Crippen LogP contribution in [0.25, 0.3) is 0 Å². The molecule has 0 atom stereocenters. The monoisotopic (exact) mass is 356 g/mol. The van der Waals surface area contributed by atoms with E-state index in [-0.39, 0.29) is 6.10 Å². The van der Waals surface area contributed by atoms with E-state index in [1.807, 2.05) is 19.9 Å². The minimum Gasteiger partial charge on any atom is -0.473 e. The summed E-state index contributed by atoms with van der Waals surface area (Å²) in [7, 11) is 0. The molecule has 0 aliphatic rings. The fourth-order valence-electron chi connectivity index (χ4n) is 1.52. The summed E-state index contributed by atoms with van der Waals surface area (Å²) in [5, 5.41) is 3.72. The summed E-state index contributed by atoms with van der Waals surface area (Å²) >= 11 is 9.41. The van der Waals surface area contributed by atoms with Crippen LogP contribution in [0.15, 0.2) is 29.0 Å². The molecule has 0 saturated heterocycles. The molecule has 2 aromatic rings. The third-order valence-electron chi connectivity index (χ3n) is 2.38.